The molecule has 3 amide bonds. The molecule has 6 fully saturated rings. The molecule has 0 radical (unpaired) electrons. The smallest absolute Gasteiger partial charge is 0.243 e. The number of hydrogen-bond donors (Lipinski definition) is 9. The van der Waals surface area contributed by atoms with Gasteiger partial charge < -0.3 is 105 Å². The van der Waals surface area contributed by atoms with Crippen LogP contribution in [-0.4, -0.2) is 228 Å². The number of nitrogens with one attached hydrogen (secondary N) is 9. The zero-order chi connectivity index (χ0) is 86.1. The molecule has 9 N–H and O–H groups in total. The molecule has 650 valence electrons. The number of likely N-dealkylation sites (tertiary alicyclic amines) is 1. The quantitative estimate of drug-likeness (QED) is 0.0182. The fourth-order valence-corrected chi connectivity index (χ4v) is 18.2. The molecule has 9 aromatic rings. The highest BCUT2D eigenvalue weighted by molar-refractivity contribution is 6.42. The van der Waals surface area contributed by atoms with Crippen LogP contribution in [0.25, 0.3) is 66.1 Å². The Morgan fingerprint density at radius 2 is 0.854 bits per heavy atom. The summed E-state index contributed by atoms with van der Waals surface area (Å²) in [5.74, 6) is 4.21. The second kappa shape index (κ2) is 39.9. The predicted molar refractivity (Wildman–Crippen MR) is 479 cm³/mol. The van der Waals surface area contributed by atoms with Crippen LogP contribution in [0, 0.1) is 5.92 Å². The summed E-state index contributed by atoms with van der Waals surface area (Å²) in [6.07, 6.45) is 12.6. The molecule has 6 saturated heterocycles. The minimum Gasteiger partial charge on any atom is -0.495 e. The molecule has 0 saturated carbocycles. The van der Waals surface area contributed by atoms with Crippen LogP contribution in [0.15, 0.2) is 111 Å². The summed E-state index contributed by atoms with van der Waals surface area (Å²) in [6, 6.07) is 13.7. The zero-order valence-electron chi connectivity index (χ0n) is 68.4. The first-order valence-corrected chi connectivity index (χ1v) is 42.9. The van der Waals surface area contributed by atoms with Crippen molar-refractivity contribution in [2.45, 2.75) is 112 Å². The Morgan fingerprint density at radius 1 is 0.455 bits per heavy atom. The van der Waals surface area contributed by atoms with Gasteiger partial charge in [-0.15, -0.1) is 0 Å². The summed E-state index contributed by atoms with van der Waals surface area (Å²) < 4.78 is 67.3. The Kier molecular flexibility index (Phi) is 28.6. The lowest BCUT2D eigenvalue weighted by atomic mass is 9.97. The molecule has 12 heterocycles. The summed E-state index contributed by atoms with van der Waals surface area (Å²) in [4.78, 5) is 70.5. The van der Waals surface area contributed by atoms with E-state index in [1.807, 2.05) is 36.4 Å². The fourth-order valence-electron chi connectivity index (χ4n) is 16.2. The fraction of sp³-hybridized carbons (Fsp3) is 0.414. The third-order valence-electron chi connectivity index (χ3n) is 22.9. The number of nitrogens with zero attached hydrogens (tertiary/aromatic N) is 7. The molecular formula is C87H96Cl6N16O14. The second-order valence-electron chi connectivity index (χ2n) is 30.9. The van der Waals surface area contributed by atoms with Crippen molar-refractivity contribution in [3.63, 3.8) is 0 Å². The van der Waals surface area contributed by atoms with Crippen LogP contribution in [0.3, 0.4) is 0 Å². The summed E-state index contributed by atoms with van der Waals surface area (Å²) in [6.45, 7) is 16.5. The third kappa shape index (κ3) is 20.2. The average Bonchev–Trinajstić information content (AvgIpc) is 1.30. The maximum atomic E-state index is 12.7. The van der Waals surface area contributed by atoms with Crippen molar-refractivity contribution in [1.82, 2.24) is 50.8 Å². The van der Waals surface area contributed by atoms with Gasteiger partial charge in [-0.25, -0.2) is 29.9 Å². The Hall–Kier alpha value is -9.93. The monoisotopic (exact) mass is 1800 g/mol. The predicted octanol–water partition coefficient (Wildman–Crippen LogP) is 14.5. The van der Waals surface area contributed by atoms with Gasteiger partial charge in [0.1, 0.15) is 76.0 Å². The number of benzene rings is 3. The van der Waals surface area contributed by atoms with E-state index >= 15 is 0 Å². The van der Waals surface area contributed by atoms with E-state index in [9.17, 15) is 14.4 Å². The van der Waals surface area contributed by atoms with Gasteiger partial charge in [0.25, 0.3) is 0 Å². The van der Waals surface area contributed by atoms with E-state index in [1.165, 1.54) is 46.7 Å². The van der Waals surface area contributed by atoms with Crippen LogP contribution in [0.5, 0.6) is 34.5 Å². The number of pyridine rings is 6. The number of carbonyl (C=O) groups excluding carboxylic acids is 3. The van der Waals surface area contributed by atoms with E-state index < -0.39 is 12.4 Å². The van der Waals surface area contributed by atoms with E-state index in [-0.39, 0.29) is 145 Å². The lowest BCUT2D eigenvalue weighted by Gasteiger charge is -2.33. The van der Waals surface area contributed by atoms with Gasteiger partial charge in [0.2, 0.25) is 24.0 Å². The number of ether oxygens (including phenoxy) is 11. The minimum absolute atomic E-state index is 0.0364. The molecule has 6 aliphatic heterocycles. The molecule has 4 unspecified atom stereocenters. The Bertz CT molecular complexity index is 5440. The average molecular weight is 1800 g/mol. The van der Waals surface area contributed by atoms with Gasteiger partial charge in [-0.05, 0) is 126 Å². The Morgan fingerprint density at radius 3 is 1.29 bits per heavy atom. The summed E-state index contributed by atoms with van der Waals surface area (Å²) in [5, 5.41) is 36.1. The number of piperidine rings is 1. The standard InChI is InChI=1S/C87H96Cl6N16O14/c1-9-72(110)103-54-15-20-117-41-60(54)100-69-29-51-45(36-94-69)24-57(106-85(51)97-35-44-12-18-109(4)19-13-44)78-82(91)66(116-8)34-68(84(78)93)123-75-28-48(14-23-120-75)98-86-52-30-70(101-61-42-118-21-16-55(61)104-73(111)10-2)95-37-46(52)26-59(107-86)77-81(90)65(115-7)33-67(83(77)92)122-40-50-27-49(39-121-50)99-87-53-31-71(102-62-43-119-22-17-56(62)105-74(112)11-3)96-38-47(53)25-58(108-87)76-79(88)63(113-5)32-64(114-6)80(76)89/h9-11,24-26,29-34,36-38,44,48-50,54-56,60-62,75H,1-3,12-23,27-28,35,39-43H2,4-8H3,(H,94,100)(H,95,101)(H,96,102)(H,97,106)(H,98,107)(H,99,108)(H,103,110)(H,104,111)(H,105,112)/t48?,49?,50?,54-,55-,56-,60+,61+,62+,75?/m0/s1. The molecular weight excluding hydrogens is 1710 g/mol. The first-order valence-electron chi connectivity index (χ1n) is 40.6. The number of hydrogen-bond acceptors (Lipinski definition) is 27. The van der Waals surface area contributed by atoms with Crippen LogP contribution in [-0.2, 0) is 38.1 Å². The maximum absolute atomic E-state index is 12.7. The number of anilines is 6. The largest absolute Gasteiger partial charge is 0.495 e. The number of fused-ring (bicyclic) bond motifs is 3. The highest BCUT2D eigenvalue weighted by Gasteiger charge is 2.36. The van der Waals surface area contributed by atoms with Crippen LogP contribution < -0.4 is 76.3 Å². The molecule has 6 aliphatic rings. The number of rotatable bonds is 31. The zero-order valence-corrected chi connectivity index (χ0v) is 72.9. The van der Waals surface area contributed by atoms with Crippen molar-refractivity contribution in [2.75, 3.05) is 146 Å². The SMILES string of the molecule is C=CC(=O)N[C@H]1CCOC[C@H]1Nc1cc2c(NCC3CCN(C)CC3)nc(-c3c(Cl)c(OC)cc(OC4CC(Nc5nc(-c6c(Cl)c(OC)cc(OCC7CC(Nc8nc(-c9c(Cl)c(OC)cc(OC)c9Cl)cc9cnc(N[C@@H]%10COCC[C@@H]%10NC(=O)C=C)cc89)CO7)c6Cl)cc6cnc(N[C@@H]7COCC[C@@H]7NC(=O)C=C)cc56)CCO4)c3Cl)cc2cn1. The highest BCUT2D eigenvalue weighted by Crippen LogP contribution is 2.51. The van der Waals surface area contributed by atoms with Crippen LogP contribution in [0.4, 0.5) is 34.9 Å². The number of halogens is 6. The van der Waals surface area contributed by atoms with Gasteiger partial charge in [-0.1, -0.05) is 89.3 Å². The van der Waals surface area contributed by atoms with E-state index in [4.69, 9.17) is 152 Å². The van der Waals surface area contributed by atoms with Crippen molar-refractivity contribution in [2.24, 2.45) is 5.92 Å². The maximum Gasteiger partial charge on any atom is 0.243 e. The summed E-state index contributed by atoms with van der Waals surface area (Å²) in [5.41, 5.74) is 2.23. The number of aromatic nitrogens is 6. The number of amides is 3. The Labute approximate surface area is 741 Å². The second-order valence-corrected chi connectivity index (χ2v) is 33.2. The third-order valence-corrected chi connectivity index (χ3v) is 25.1. The van der Waals surface area contributed by atoms with Gasteiger partial charge in [-0.3, -0.25) is 14.4 Å². The van der Waals surface area contributed by atoms with Crippen molar-refractivity contribution in [3.05, 3.63) is 141 Å². The molecule has 123 heavy (non-hydrogen) atoms. The summed E-state index contributed by atoms with van der Waals surface area (Å²) in [7, 11) is 8.15. The molecule has 0 aliphatic carbocycles. The molecule has 6 aromatic heterocycles. The number of carbonyl (C=O) groups is 3. The van der Waals surface area contributed by atoms with Crippen LogP contribution in [0.2, 0.25) is 30.1 Å². The molecule has 30 nitrogen and oxygen atoms in total. The minimum atomic E-state index is -0.889. The van der Waals surface area contributed by atoms with Crippen LogP contribution in [0.1, 0.15) is 51.4 Å². The van der Waals surface area contributed by atoms with E-state index in [0.29, 0.717) is 186 Å². The van der Waals surface area contributed by atoms with Crippen molar-refractivity contribution in [3.8, 4) is 68.3 Å². The van der Waals surface area contributed by atoms with Gasteiger partial charge >= 0.3 is 0 Å². The molecule has 10 atom stereocenters. The summed E-state index contributed by atoms with van der Waals surface area (Å²) >= 11 is 44.0. The molecule has 15 rings (SSSR count). The van der Waals surface area contributed by atoms with Gasteiger partial charge in [0, 0.05) is 125 Å². The first-order chi connectivity index (χ1) is 59.7. The highest BCUT2D eigenvalue weighted by atomic mass is 35.5. The molecule has 0 bridgehead atoms. The van der Waals surface area contributed by atoms with Gasteiger partial charge in [-0.2, -0.15) is 0 Å². The lowest BCUT2D eigenvalue weighted by Crippen LogP contribution is -2.52. The lowest BCUT2D eigenvalue weighted by molar-refractivity contribution is -0.118. The normalized spacial score (nSPS) is 21.9. The van der Waals surface area contributed by atoms with Crippen molar-refractivity contribution < 1.29 is 66.5 Å². The van der Waals surface area contributed by atoms with E-state index in [0.717, 1.165) is 36.7 Å². The topological polar surface area (TPSA) is 342 Å². The van der Waals surface area contributed by atoms with Gasteiger partial charge in [0.15, 0.2) is 0 Å². The first kappa shape index (κ1) is 88.0. The molecule has 0 spiro atoms. The van der Waals surface area contributed by atoms with Crippen molar-refractivity contribution in [1.29, 1.82) is 0 Å². The Balaban J connectivity index is 0.709. The van der Waals surface area contributed by atoms with E-state index in [1.54, 1.807) is 36.8 Å². The van der Waals surface area contributed by atoms with E-state index in [2.05, 4.69) is 79.5 Å². The molecule has 3 aromatic carbocycles. The van der Waals surface area contributed by atoms with Crippen LogP contribution >= 0.6 is 69.6 Å². The molecule has 36 heteroatoms. The number of methoxy groups -OCH3 is 4. The van der Waals surface area contributed by atoms with Gasteiger partial charge in [0.05, 0.1) is 157 Å². The van der Waals surface area contributed by atoms with Crippen molar-refractivity contribution >= 4 is 155 Å².